The van der Waals surface area contributed by atoms with Crippen molar-refractivity contribution >= 4 is 23.0 Å². The van der Waals surface area contributed by atoms with Crippen LogP contribution in [-0.4, -0.2) is 38.7 Å². The molecule has 1 aliphatic rings. The van der Waals surface area contributed by atoms with E-state index in [1.807, 2.05) is 0 Å². The minimum absolute atomic E-state index is 0.0601. The third-order valence-electron chi connectivity index (χ3n) is 5.72. The second kappa shape index (κ2) is 9.10. The number of ether oxygens (including phenoxy) is 1. The minimum Gasteiger partial charge on any atom is -0.479 e. The van der Waals surface area contributed by atoms with Gasteiger partial charge in [-0.3, -0.25) is 14.2 Å². The lowest BCUT2D eigenvalue weighted by Gasteiger charge is -2.29. The number of hydrogen-bond acceptors (Lipinski definition) is 9. The van der Waals surface area contributed by atoms with Crippen molar-refractivity contribution in [2.75, 3.05) is 12.8 Å². The normalized spacial score (nSPS) is 18.3. The van der Waals surface area contributed by atoms with Crippen molar-refractivity contribution in [1.29, 1.82) is 0 Å². The highest BCUT2D eigenvalue weighted by molar-refractivity contribution is 5.84. The second-order valence-corrected chi connectivity index (χ2v) is 7.95. The molecule has 1 saturated carbocycles. The largest absolute Gasteiger partial charge is 0.479 e. The Morgan fingerprint density at radius 2 is 1.94 bits per heavy atom. The van der Waals surface area contributed by atoms with E-state index in [1.165, 1.54) is 26.3 Å². The molecule has 10 nitrogen and oxygen atoms in total. The first-order chi connectivity index (χ1) is 15.8. The van der Waals surface area contributed by atoms with Gasteiger partial charge in [-0.25, -0.2) is 19.2 Å². The predicted molar refractivity (Wildman–Crippen MR) is 117 cm³/mol. The maximum Gasteiger partial charge on any atom is 0.339 e. The molecule has 1 fully saturated rings. The van der Waals surface area contributed by atoms with Crippen molar-refractivity contribution in [3.05, 3.63) is 40.2 Å². The summed E-state index contributed by atoms with van der Waals surface area (Å²) in [6, 6.07) is 2.65. The number of nitrogen functional groups attached to an aromatic ring is 1. The summed E-state index contributed by atoms with van der Waals surface area (Å²) in [6.45, 7) is 3.04. The number of nitrogens with zero attached hydrogens (tertiary/aromatic N) is 4. The average molecular weight is 457 g/mol. The minimum atomic E-state index is -0.672. The molecule has 174 valence electrons. The lowest BCUT2D eigenvalue weighted by atomic mass is 9.92. The molecule has 0 spiro atoms. The number of nitrogens with two attached hydrogens (primary N) is 1. The molecule has 0 amide bonds. The first kappa shape index (κ1) is 22.6. The average Bonchev–Trinajstić information content (AvgIpc) is 2.78. The molecule has 1 aliphatic carbocycles. The summed E-state index contributed by atoms with van der Waals surface area (Å²) < 4.78 is 20.8. The maximum absolute atomic E-state index is 14.4. The van der Waals surface area contributed by atoms with Gasteiger partial charge in [-0.05, 0) is 44.7 Å². The Morgan fingerprint density at radius 1 is 1.21 bits per heavy atom. The highest BCUT2D eigenvalue weighted by Crippen LogP contribution is 2.33. The van der Waals surface area contributed by atoms with Crippen molar-refractivity contribution < 1.29 is 23.7 Å². The van der Waals surface area contributed by atoms with Gasteiger partial charge in [0.15, 0.2) is 5.82 Å². The van der Waals surface area contributed by atoms with Gasteiger partial charge in [-0.15, -0.1) is 0 Å². The number of aromatic nitrogens is 4. The Bertz CT molecular complexity index is 1270. The van der Waals surface area contributed by atoms with E-state index in [0.717, 1.165) is 0 Å². The molecule has 2 N–H and O–H groups in total. The molecule has 11 heteroatoms. The van der Waals surface area contributed by atoms with Crippen molar-refractivity contribution in [2.24, 2.45) is 0 Å². The first-order valence-electron chi connectivity index (χ1n) is 10.5. The molecule has 3 aromatic rings. The monoisotopic (exact) mass is 457 g/mol. The Morgan fingerprint density at radius 3 is 2.58 bits per heavy atom. The van der Waals surface area contributed by atoms with Gasteiger partial charge in [0.2, 0.25) is 11.8 Å². The standard InChI is InChI=1S/C22H24FN5O5/c1-11-16-9-17(13-8-18(23)20(31-3)25-10-13)21(30)28(19(16)27-22(24)26-11)14-4-6-15(7-5-14)33-32-12(2)29/h8-10,14-15H,4-7H2,1-3H3,(H2,24,26,27)/t14-,15-. The maximum atomic E-state index is 14.4. The van der Waals surface area contributed by atoms with Crippen LogP contribution in [0.15, 0.2) is 23.1 Å². The van der Waals surface area contributed by atoms with E-state index in [1.54, 1.807) is 17.6 Å². The van der Waals surface area contributed by atoms with Crippen molar-refractivity contribution in [3.63, 3.8) is 0 Å². The number of carbonyl (C=O) groups is 1. The third-order valence-corrected chi connectivity index (χ3v) is 5.72. The molecule has 4 rings (SSSR count). The van der Waals surface area contributed by atoms with E-state index in [9.17, 15) is 14.0 Å². The number of pyridine rings is 2. The van der Waals surface area contributed by atoms with Gasteiger partial charge in [0.25, 0.3) is 5.56 Å². The van der Waals surface area contributed by atoms with E-state index in [-0.39, 0.29) is 35.1 Å². The van der Waals surface area contributed by atoms with E-state index in [2.05, 4.69) is 19.8 Å². The van der Waals surface area contributed by atoms with E-state index >= 15 is 0 Å². The van der Waals surface area contributed by atoms with Crippen molar-refractivity contribution in [2.45, 2.75) is 51.7 Å². The number of carbonyl (C=O) groups excluding carboxylic acids is 1. The number of hydrogen-bond donors (Lipinski definition) is 1. The highest BCUT2D eigenvalue weighted by atomic mass is 19.1. The Hall–Kier alpha value is -3.60. The van der Waals surface area contributed by atoms with Crippen LogP contribution in [0, 0.1) is 12.7 Å². The highest BCUT2D eigenvalue weighted by Gasteiger charge is 2.28. The van der Waals surface area contributed by atoms with Crippen LogP contribution in [0.4, 0.5) is 10.3 Å². The molecule has 33 heavy (non-hydrogen) atoms. The Labute approximate surface area is 188 Å². The van der Waals surface area contributed by atoms with Crippen molar-refractivity contribution in [1.82, 2.24) is 19.5 Å². The summed E-state index contributed by atoms with van der Waals surface area (Å²) in [4.78, 5) is 47.0. The zero-order valence-electron chi connectivity index (χ0n) is 18.5. The third kappa shape index (κ3) is 4.49. The van der Waals surface area contributed by atoms with Crippen LogP contribution in [-0.2, 0) is 14.6 Å². The summed E-state index contributed by atoms with van der Waals surface area (Å²) in [5, 5.41) is 0.633. The predicted octanol–water partition coefficient (Wildman–Crippen LogP) is 2.87. The van der Waals surface area contributed by atoms with Crippen molar-refractivity contribution in [3.8, 4) is 17.0 Å². The number of methoxy groups -OCH3 is 1. The number of halogens is 1. The van der Waals surface area contributed by atoms with E-state index < -0.39 is 11.8 Å². The molecular weight excluding hydrogens is 433 g/mol. The molecule has 0 radical (unpaired) electrons. The van der Waals surface area contributed by atoms with Crippen LogP contribution in [0.2, 0.25) is 0 Å². The molecule has 3 heterocycles. The number of fused-ring (bicyclic) bond motifs is 1. The van der Waals surface area contributed by atoms with Gasteiger partial charge in [0, 0.05) is 35.7 Å². The van der Waals surface area contributed by atoms with Crippen LogP contribution < -0.4 is 16.0 Å². The molecular formula is C22H24FN5O5. The summed E-state index contributed by atoms with van der Waals surface area (Å²) in [6.07, 6.45) is 3.47. The topological polar surface area (TPSA) is 131 Å². The number of aryl methyl sites for hydroxylation is 1. The van der Waals surface area contributed by atoms with Crippen LogP contribution in [0.3, 0.4) is 0 Å². The molecule has 0 bridgehead atoms. The van der Waals surface area contributed by atoms with Gasteiger partial charge in [-0.1, -0.05) is 0 Å². The number of rotatable bonds is 5. The fourth-order valence-corrected chi connectivity index (χ4v) is 4.18. The quantitative estimate of drug-likeness (QED) is 0.454. The van der Waals surface area contributed by atoms with Gasteiger partial charge in [-0.2, -0.15) is 9.87 Å². The Kier molecular flexibility index (Phi) is 6.23. The molecule has 0 atom stereocenters. The Balaban J connectivity index is 1.80. The zero-order valence-corrected chi connectivity index (χ0v) is 18.5. The van der Waals surface area contributed by atoms with Gasteiger partial charge in [0.05, 0.1) is 12.8 Å². The van der Waals surface area contributed by atoms with Crippen LogP contribution in [0.1, 0.15) is 44.3 Å². The molecule has 0 unspecified atom stereocenters. The fraction of sp³-hybridized carbons (Fsp3) is 0.409. The van der Waals surface area contributed by atoms with Gasteiger partial charge in [0.1, 0.15) is 11.8 Å². The SMILES string of the molecule is COc1ncc(-c2cc3c(C)nc(N)nc3n([C@H]3CC[C@H](OOC(C)=O)CC3)c2=O)cc1F. The van der Waals surface area contributed by atoms with Crippen LogP contribution >= 0.6 is 0 Å². The lowest BCUT2D eigenvalue weighted by Crippen LogP contribution is -2.32. The summed E-state index contributed by atoms with van der Waals surface area (Å²) in [5.41, 5.74) is 7.15. The van der Waals surface area contributed by atoms with E-state index in [0.29, 0.717) is 48.0 Å². The fourth-order valence-electron chi connectivity index (χ4n) is 4.18. The molecule has 0 aromatic carbocycles. The van der Waals surface area contributed by atoms with E-state index in [4.69, 9.17) is 15.4 Å². The molecule has 0 saturated heterocycles. The van der Waals surface area contributed by atoms with Crippen LogP contribution in [0.25, 0.3) is 22.2 Å². The molecule has 3 aromatic heterocycles. The summed E-state index contributed by atoms with van der Waals surface area (Å²) in [7, 11) is 1.32. The summed E-state index contributed by atoms with van der Waals surface area (Å²) >= 11 is 0. The van der Waals surface area contributed by atoms with Crippen LogP contribution in [0.5, 0.6) is 5.88 Å². The van der Waals surface area contributed by atoms with Gasteiger partial charge < -0.3 is 10.5 Å². The molecule has 0 aliphatic heterocycles. The smallest absolute Gasteiger partial charge is 0.339 e. The zero-order chi connectivity index (χ0) is 23.7. The lowest BCUT2D eigenvalue weighted by molar-refractivity contribution is -0.301. The number of anilines is 1. The van der Waals surface area contributed by atoms with Gasteiger partial charge >= 0.3 is 5.97 Å². The second-order valence-electron chi connectivity index (χ2n) is 7.95. The summed E-state index contributed by atoms with van der Waals surface area (Å²) in [5.74, 6) is -1.28. The first-order valence-corrected chi connectivity index (χ1v) is 10.5.